The Morgan fingerprint density at radius 3 is 2.17 bits per heavy atom. The van der Waals surface area contributed by atoms with Crippen LogP contribution in [-0.2, 0) is 0 Å². The van der Waals surface area contributed by atoms with Crippen LogP contribution < -0.4 is 11.7 Å². The minimum atomic E-state index is -0.222. The minimum absolute atomic E-state index is 0.222. The first kappa shape index (κ1) is 10.5. The molecule has 0 aromatic carbocycles. The molecule has 0 atom stereocenters. The van der Waals surface area contributed by atoms with E-state index in [-0.39, 0.29) is 5.41 Å². The molecular weight excluding hydrogens is 158 g/mol. The molecule has 12 heavy (non-hydrogen) atoms. The van der Waals surface area contributed by atoms with Crippen LogP contribution in [0.1, 0.15) is 20.8 Å². The topological polar surface area (TPSA) is 101 Å². The number of hydrogen-bond acceptors (Lipinski definition) is 4. The highest BCUT2D eigenvalue weighted by Crippen LogP contribution is 2.16. The molecule has 6 nitrogen and oxygen atoms in total. The number of azo groups is 1. The van der Waals surface area contributed by atoms with E-state index in [2.05, 4.69) is 20.4 Å². The summed E-state index contributed by atoms with van der Waals surface area (Å²) < 4.78 is 0. The van der Waals surface area contributed by atoms with Crippen LogP contribution in [0.2, 0.25) is 0 Å². The summed E-state index contributed by atoms with van der Waals surface area (Å²) in [5, 5.41) is 13.9. The van der Waals surface area contributed by atoms with Crippen LogP contribution in [0.4, 0.5) is 0 Å². The fourth-order valence-corrected chi connectivity index (χ4v) is 0.480. The van der Waals surface area contributed by atoms with E-state index in [0.29, 0.717) is 5.84 Å². The fraction of sp³-hybridized carbons (Fsp3) is 0.667. The molecule has 0 saturated carbocycles. The van der Waals surface area contributed by atoms with E-state index in [1.165, 1.54) is 0 Å². The summed E-state index contributed by atoms with van der Waals surface area (Å²) in [4.78, 5) is 0. The van der Waals surface area contributed by atoms with Crippen molar-refractivity contribution >= 4 is 12.2 Å². The molecule has 68 valence electrons. The lowest BCUT2D eigenvalue weighted by molar-refractivity contribution is 0.580. The first-order valence-electron chi connectivity index (χ1n) is 3.43. The van der Waals surface area contributed by atoms with Crippen molar-refractivity contribution in [1.82, 2.24) is 0 Å². The molecule has 0 saturated heterocycles. The highest BCUT2D eigenvalue weighted by atomic mass is 16.1. The first-order valence-corrected chi connectivity index (χ1v) is 3.43. The molecule has 0 unspecified atom stereocenters. The number of nitrogens with two attached hydrogens (primary N) is 2. The van der Waals surface area contributed by atoms with Crippen molar-refractivity contribution < 1.29 is 0 Å². The second kappa shape index (κ2) is 4.42. The Morgan fingerprint density at radius 1 is 1.25 bits per heavy atom. The number of amidine groups is 1. The molecule has 0 radical (unpaired) electrons. The number of nitrogens with zero attached hydrogens (tertiary/aromatic N) is 4. The van der Waals surface area contributed by atoms with Crippen molar-refractivity contribution in [1.29, 1.82) is 0 Å². The normalized spacial score (nSPS) is 14.8. The quantitative estimate of drug-likeness (QED) is 0.151. The molecule has 0 aliphatic rings. The molecule has 6 heteroatoms. The Hall–Kier alpha value is -1.46. The molecular formula is C6H14N6. The second-order valence-electron chi connectivity index (χ2n) is 3.18. The largest absolute Gasteiger partial charge is 0.322 e. The number of hydrazone groups is 2. The van der Waals surface area contributed by atoms with E-state index in [0.717, 1.165) is 6.34 Å². The van der Waals surface area contributed by atoms with Gasteiger partial charge in [0.15, 0.2) is 12.2 Å². The minimum Gasteiger partial charge on any atom is -0.322 e. The van der Waals surface area contributed by atoms with Crippen LogP contribution in [0, 0.1) is 5.41 Å². The van der Waals surface area contributed by atoms with Gasteiger partial charge in [0.05, 0.1) is 0 Å². The van der Waals surface area contributed by atoms with Crippen molar-refractivity contribution in [2.45, 2.75) is 20.8 Å². The Bertz CT molecular complexity index is 209. The van der Waals surface area contributed by atoms with Gasteiger partial charge in [-0.15, -0.1) is 10.2 Å². The SMILES string of the molecule is CC(C)(C)C(/N=N/C=[15N]/[15NH2])=N\N. The van der Waals surface area contributed by atoms with Gasteiger partial charge in [-0.05, 0) is 0 Å². The summed E-state index contributed by atoms with van der Waals surface area (Å²) in [6.45, 7) is 5.78. The van der Waals surface area contributed by atoms with Crippen LogP contribution in [0.5, 0.6) is 0 Å². The summed E-state index contributed by atoms with van der Waals surface area (Å²) in [6.07, 6.45) is 1.12. The van der Waals surface area contributed by atoms with Crippen molar-refractivity contribution in [3.63, 3.8) is 0 Å². The zero-order valence-electron chi connectivity index (χ0n) is 7.52. The highest BCUT2D eigenvalue weighted by molar-refractivity contribution is 5.87. The third-order valence-electron chi connectivity index (χ3n) is 1.06. The van der Waals surface area contributed by atoms with Crippen molar-refractivity contribution in [3.8, 4) is 0 Å². The van der Waals surface area contributed by atoms with E-state index in [1.54, 1.807) is 0 Å². The van der Waals surface area contributed by atoms with Gasteiger partial charge in [0.2, 0.25) is 0 Å². The predicted octanol–water partition coefficient (Wildman–Crippen LogP) is 0.659. The highest BCUT2D eigenvalue weighted by Gasteiger charge is 2.18. The van der Waals surface area contributed by atoms with Gasteiger partial charge < -0.3 is 11.7 Å². The predicted molar refractivity (Wildman–Crippen MR) is 48.6 cm³/mol. The molecule has 0 spiro atoms. The Balaban J connectivity index is 4.41. The summed E-state index contributed by atoms with van der Waals surface area (Å²) in [7, 11) is 0. The van der Waals surface area contributed by atoms with Crippen LogP contribution in [-0.4, -0.2) is 12.2 Å². The van der Waals surface area contributed by atoms with E-state index in [4.69, 9.17) is 11.7 Å². The zero-order valence-corrected chi connectivity index (χ0v) is 7.52. The second-order valence-corrected chi connectivity index (χ2v) is 3.18. The molecule has 0 bridgehead atoms. The van der Waals surface area contributed by atoms with Gasteiger partial charge in [-0.1, -0.05) is 20.8 Å². The Labute approximate surface area is 71.4 Å². The Morgan fingerprint density at radius 2 is 1.83 bits per heavy atom. The molecule has 0 aromatic rings. The zero-order chi connectivity index (χ0) is 9.61. The molecule has 4 N–H and O–H groups in total. The lowest BCUT2D eigenvalue weighted by Crippen LogP contribution is -2.19. The average molecular weight is 172 g/mol. The first-order chi connectivity index (χ1) is 5.52. The maximum Gasteiger partial charge on any atom is 0.175 e. The lowest BCUT2D eigenvalue weighted by Gasteiger charge is -2.14. The van der Waals surface area contributed by atoms with Crippen LogP contribution in [0.15, 0.2) is 20.4 Å². The number of hydrogen-bond donors (Lipinski definition) is 2. The van der Waals surface area contributed by atoms with Crippen LogP contribution in [0.25, 0.3) is 0 Å². The maximum atomic E-state index is 5.10. The lowest BCUT2D eigenvalue weighted by atomic mass is 9.96. The fourth-order valence-electron chi connectivity index (χ4n) is 0.480. The summed E-state index contributed by atoms with van der Waals surface area (Å²) in [5.74, 6) is 10.4. The van der Waals surface area contributed by atoms with Gasteiger partial charge >= 0.3 is 0 Å². The smallest absolute Gasteiger partial charge is 0.175 e. The van der Waals surface area contributed by atoms with Crippen LogP contribution >= 0.6 is 0 Å². The molecule has 0 heterocycles. The average Bonchev–Trinajstić information content (AvgIpc) is 1.95. The maximum absolute atomic E-state index is 5.10. The third kappa shape index (κ3) is 3.65. The molecule has 0 aliphatic carbocycles. The van der Waals surface area contributed by atoms with Gasteiger partial charge in [-0.3, -0.25) is 0 Å². The summed E-state index contributed by atoms with van der Waals surface area (Å²) >= 11 is 0. The monoisotopic (exact) mass is 172 g/mol. The van der Waals surface area contributed by atoms with Crippen molar-refractivity contribution in [3.05, 3.63) is 0 Å². The van der Waals surface area contributed by atoms with Gasteiger partial charge in [-0.25, -0.2) is 0 Å². The summed E-state index contributed by atoms with van der Waals surface area (Å²) in [5.41, 5.74) is -0.222. The molecule has 0 rings (SSSR count). The van der Waals surface area contributed by atoms with Gasteiger partial charge in [0, 0.05) is 5.41 Å². The van der Waals surface area contributed by atoms with E-state index < -0.39 is 0 Å². The van der Waals surface area contributed by atoms with E-state index >= 15 is 0 Å². The Kier molecular flexibility index (Phi) is 3.89. The molecule has 0 fully saturated rings. The summed E-state index contributed by atoms with van der Waals surface area (Å²) in [6, 6.07) is 0. The van der Waals surface area contributed by atoms with Gasteiger partial charge in [0.25, 0.3) is 0 Å². The molecule has 0 aromatic heterocycles. The molecule has 0 amide bonds. The number of rotatable bonds is 1. The van der Waals surface area contributed by atoms with Crippen molar-refractivity contribution in [2.75, 3.05) is 0 Å². The van der Waals surface area contributed by atoms with Crippen LogP contribution in [0.3, 0.4) is 0 Å². The van der Waals surface area contributed by atoms with Gasteiger partial charge in [-0.2, -0.15) is 10.2 Å². The van der Waals surface area contributed by atoms with E-state index in [1.807, 2.05) is 20.8 Å². The standard InChI is InChI=1S/C6H14N6/c1-6(2,3)5(11-8)12-10-4-9-7/h4H,7-8H2,1-3H3/b9-4+,11-5+,12-10+/i7+1,9+1. The van der Waals surface area contributed by atoms with E-state index in [9.17, 15) is 0 Å². The van der Waals surface area contributed by atoms with Crippen molar-refractivity contribution in [2.24, 2.45) is 37.5 Å². The third-order valence-corrected chi connectivity index (χ3v) is 1.06. The van der Waals surface area contributed by atoms with Gasteiger partial charge in [0.1, 0.15) is 0 Å². The molecule has 0 aliphatic heterocycles.